The van der Waals surface area contributed by atoms with Gasteiger partial charge in [-0.2, -0.15) is 0 Å². The standard InChI is InChI=1S/C81H158O17P2/c1-9-73(7)59-51-43-34-30-26-22-18-13-11-12-14-19-23-27-31-35-45-53-61-78(83)91-67-76(97-80(85)63-55-47-36-32-28-24-20-16-15-17-21-25-29-33-41-49-57-71(3)4)69-95-99(87,88)93-65-75(82)66-94-100(89,90)96-70-77(68-92-79(84)62-54-46-39-37-42-50-58-72(5)6)98-81(86)64-56-48-40-38-44-52-60-74(8)10-2/h71-77,82H,9-70H2,1-8H3,(H,87,88)(H,89,90)/t73?,74?,75-,76-,77-/m1/s1. The minimum Gasteiger partial charge on any atom is -0.462 e. The van der Waals surface area contributed by atoms with Crippen molar-refractivity contribution in [2.24, 2.45) is 23.7 Å². The summed E-state index contributed by atoms with van der Waals surface area (Å²) in [5.41, 5.74) is 0. The Balaban J connectivity index is 5.17. The van der Waals surface area contributed by atoms with Gasteiger partial charge in [-0.05, 0) is 49.4 Å². The lowest BCUT2D eigenvalue weighted by molar-refractivity contribution is -0.161. The molecule has 0 heterocycles. The Morgan fingerprint density at radius 1 is 0.280 bits per heavy atom. The van der Waals surface area contributed by atoms with Crippen molar-refractivity contribution in [3.8, 4) is 0 Å². The third-order valence-corrected chi connectivity index (χ3v) is 21.4. The summed E-state index contributed by atoms with van der Waals surface area (Å²) < 4.78 is 68.6. The number of rotatable bonds is 78. The van der Waals surface area contributed by atoms with Crippen molar-refractivity contribution in [2.45, 2.75) is 433 Å². The van der Waals surface area contributed by atoms with Crippen molar-refractivity contribution in [2.75, 3.05) is 39.6 Å². The third kappa shape index (κ3) is 71.7. The van der Waals surface area contributed by atoms with Gasteiger partial charge in [-0.25, -0.2) is 9.13 Å². The summed E-state index contributed by atoms with van der Waals surface area (Å²) in [7, 11) is -9.92. The van der Waals surface area contributed by atoms with Crippen molar-refractivity contribution in [3.05, 3.63) is 0 Å². The zero-order valence-electron chi connectivity index (χ0n) is 65.8. The van der Waals surface area contributed by atoms with Crippen LogP contribution in [0.25, 0.3) is 0 Å². The van der Waals surface area contributed by atoms with Gasteiger partial charge < -0.3 is 33.8 Å². The highest BCUT2D eigenvalue weighted by Crippen LogP contribution is 2.45. The highest BCUT2D eigenvalue weighted by atomic mass is 31.2. The predicted molar refractivity (Wildman–Crippen MR) is 409 cm³/mol. The molecule has 3 N–H and O–H groups in total. The van der Waals surface area contributed by atoms with E-state index in [1.165, 1.54) is 212 Å². The molecule has 0 spiro atoms. The number of phosphoric ester groups is 2. The Labute approximate surface area is 613 Å². The summed E-state index contributed by atoms with van der Waals surface area (Å²) in [6.45, 7) is 14.2. The molecule has 7 atom stereocenters. The quantitative estimate of drug-likeness (QED) is 0.0222. The molecule has 0 aromatic carbocycles. The number of hydrogen-bond acceptors (Lipinski definition) is 15. The van der Waals surface area contributed by atoms with E-state index in [0.29, 0.717) is 31.6 Å². The van der Waals surface area contributed by atoms with E-state index in [2.05, 4.69) is 55.4 Å². The molecule has 594 valence electrons. The maximum absolute atomic E-state index is 13.1. The zero-order valence-corrected chi connectivity index (χ0v) is 67.6. The lowest BCUT2D eigenvalue weighted by Crippen LogP contribution is -2.30. The Hall–Kier alpha value is -1.94. The van der Waals surface area contributed by atoms with Gasteiger partial charge in [-0.1, -0.05) is 364 Å². The second kappa shape index (κ2) is 70.1. The van der Waals surface area contributed by atoms with Crippen LogP contribution in [0.5, 0.6) is 0 Å². The van der Waals surface area contributed by atoms with Gasteiger partial charge >= 0.3 is 39.5 Å². The number of carbonyl (C=O) groups excluding carboxylic acids is 4. The molecule has 0 aliphatic carbocycles. The van der Waals surface area contributed by atoms with E-state index in [9.17, 15) is 43.2 Å². The van der Waals surface area contributed by atoms with Crippen LogP contribution in [0.1, 0.15) is 415 Å². The van der Waals surface area contributed by atoms with Gasteiger partial charge in [0.1, 0.15) is 19.3 Å². The monoisotopic (exact) mass is 1470 g/mol. The summed E-state index contributed by atoms with van der Waals surface area (Å²) in [6.07, 6.45) is 57.3. The first-order chi connectivity index (χ1) is 48.2. The number of hydrogen-bond donors (Lipinski definition) is 3. The minimum atomic E-state index is -4.96. The van der Waals surface area contributed by atoms with Crippen LogP contribution in [0, 0.1) is 23.7 Å². The number of ether oxygens (including phenoxy) is 4. The molecule has 0 saturated heterocycles. The number of aliphatic hydroxyl groups is 1. The SMILES string of the molecule is CCC(C)CCCCCCCCCCCCCCCCCCCCC(=O)OC[C@H](COP(=O)(O)OC[C@@H](O)COP(=O)(O)OC[C@@H](COC(=O)CCCCCCCCC(C)C)OC(=O)CCCCCCCCC(C)CC)OC(=O)CCCCCCCCCCCCCCCCCCC(C)C. The number of phosphoric acid groups is 2. The van der Waals surface area contributed by atoms with Gasteiger partial charge in [0, 0.05) is 25.7 Å². The summed E-state index contributed by atoms with van der Waals surface area (Å²) in [5.74, 6) is 0.962. The fourth-order valence-electron chi connectivity index (χ4n) is 12.4. The molecule has 17 nitrogen and oxygen atoms in total. The lowest BCUT2D eigenvalue weighted by Gasteiger charge is -2.21. The van der Waals surface area contributed by atoms with Crippen LogP contribution in [0.2, 0.25) is 0 Å². The Bertz CT molecular complexity index is 1960. The van der Waals surface area contributed by atoms with Crippen molar-refractivity contribution >= 4 is 39.5 Å². The van der Waals surface area contributed by atoms with Crippen molar-refractivity contribution in [1.82, 2.24) is 0 Å². The van der Waals surface area contributed by atoms with Crippen LogP contribution in [-0.4, -0.2) is 96.7 Å². The molecule has 0 aliphatic heterocycles. The first kappa shape index (κ1) is 98.1. The Kier molecular flexibility index (Phi) is 68.7. The molecule has 0 saturated carbocycles. The van der Waals surface area contributed by atoms with E-state index < -0.39 is 97.5 Å². The van der Waals surface area contributed by atoms with Crippen LogP contribution in [-0.2, 0) is 65.4 Å². The Morgan fingerprint density at radius 2 is 0.480 bits per heavy atom. The zero-order chi connectivity index (χ0) is 73.8. The molecule has 0 fully saturated rings. The highest BCUT2D eigenvalue weighted by molar-refractivity contribution is 7.47. The van der Waals surface area contributed by atoms with E-state index in [1.54, 1.807) is 0 Å². The van der Waals surface area contributed by atoms with Gasteiger partial charge in [-0.15, -0.1) is 0 Å². The predicted octanol–water partition coefficient (Wildman–Crippen LogP) is 24.0. The normalized spacial score (nSPS) is 14.6. The number of esters is 4. The highest BCUT2D eigenvalue weighted by Gasteiger charge is 2.30. The smallest absolute Gasteiger partial charge is 0.462 e. The van der Waals surface area contributed by atoms with Crippen LogP contribution >= 0.6 is 15.6 Å². The van der Waals surface area contributed by atoms with Gasteiger partial charge in [0.05, 0.1) is 26.4 Å². The van der Waals surface area contributed by atoms with Crippen LogP contribution in [0.15, 0.2) is 0 Å². The van der Waals surface area contributed by atoms with E-state index in [0.717, 1.165) is 114 Å². The second-order valence-corrected chi connectivity index (χ2v) is 33.5. The van der Waals surface area contributed by atoms with Crippen LogP contribution in [0.3, 0.4) is 0 Å². The lowest BCUT2D eigenvalue weighted by atomic mass is 9.99. The summed E-state index contributed by atoms with van der Waals surface area (Å²) in [6, 6.07) is 0. The van der Waals surface area contributed by atoms with E-state index in [1.807, 2.05) is 0 Å². The second-order valence-electron chi connectivity index (χ2n) is 30.6. The van der Waals surface area contributed by atoms with Gasteiger partial charge in [0.25, 0.3) is 0 Å². The summed E-state index contributed by atoms with van der Waals surface area (Å²) >= 11 is 0. The average molecular weight is 1470 g/mol. The number of unbranched alkanes of at least 4 members (excludes halogenated alkanes) is 42. The van der Waals surface area contributed by atoms with Crippen molar-refractivity contribution in [3.63, 3.8) is 0 Å². The molecule has 0 amide bonds. The first-order valence-electron chi connectivity index (χ1n) is 41.8. The van der Waals surface area contributed by atoms with Crippen LogP contribution in [0.4, 0.5) is 0 Å². The molecular formula is C81H158O17P2. The average Bonchev–Trinajstić information content (AvgIpc) is 0.944. The van der Waals surface area contributed by atoms with Gasteiger partial charge in [-0.3, -0.25) is 37.3 Å². The number of carbonyl (C=O) groups is 4. The van der Waals surface area contributed by atoms with Gasteiger partial charge in [0.2, 0.25) is 0 Å². The summed E-state index contributed by atoms with van der Waals surface area (Å²) in [4.78, 5) is 72.9. The maximum atomic E-state index is 13.1. The molecule has 0 bridgehead atoms. The topological polar surface area (TPSA) is 237 Å². The molecule has 0 rings (SSSR count). The fourth-order valence-corrected chi connectivity index (χ4v) is 13.9. The molecule has 0 radical (unpaired) electrons. The molecule has 0 aromatic rings. The largest absolute Gasteiger partial charge is 0.472 e. The first-order valence-corrected chi connectivity index (χ1v) is 44.8. The number of aliphatic hydroxyl groups excluding tert-OH is 1. The molecule has 19 heteroatoms. The molecule has 0 aromatic heterocycles. The summed E-state index contributed by atoms with van der Waals surface area (Å²) in [5, 5.41) is 10.6. The van der Waals surface area contributed by atoms with E-state index in [-0.39, 0.29) is 25.7 Å². The minimum absolute atomic E-state index is 0.102. The van der Waals surface area contributed by atoms with Crippen LogP contribution < -0.4 is 0 Å². The fraction of sp³-hybridized carbons (Fsp3) is 0.951. The van der Waals surface area contributed by atoms with E-state index >= 15 is 0 Å². The molecular weight excluding hydrogens is 1310 g/mol. The van der Waals surface area contributed by atoms with E-state index in [4.69, 9.17) is 37.0 Å². The molecule has 100 heavy (non-hydrogen) atoms. The van der Waals surface area contributed by atoms with Gasteiger partial charge in [0.15, 0.2) is 12.2 Å². The molecule has 0 aliphatic rings. The van der Waals surface area contributed by atoms with Crippen molar-refractivity contribution in [1.29, 1.82) is 0 Å². The maximum Gasteiger partial charge on any atom is 0.472 e. The Morgan fingerprint density at radius 3 is 0.710 bits per heavy atom. The molecule has 4 unspecified atom stereocenters. The van der Waals surface area contributed by atoms with Crippen molar-refractivity contribution < 1.29 is 80.2 Å². The third-order valence-electron chi connectivity index (χ3n) is 19.5.